The fraction of sp³-hybridized carbons (Fsp3) is 0.619. The van der Waals surface area contributed by atoms with Gasteiger partial charge in [0.05, 0.1) is 6.04 Å². The number of morpholine rings is 1. The van der Waals surface area contributed by atoms with Gasteiger partial charge >= 0.3 is 0 Å². The number of hydrogen-bond acceptors (Lipinski definition) is 4. The smallest absolute Gasteiger partial charge is 0.254 e. The van der Waals surface area contributed by atoms with Gasteiger partial charge in [-0.2, -0.15) is 0 Å². The fourth-order valence-electron chi connectivity index (χ4n) is 4.23. The third-order valence-electron chi connectivity index (χ3n) is 5.67. The number of ether oxygens (including phenoxy) is 1. The molecule has 148 valence electrons. The summed E-state index contributed by atoms with van der Waals surface area (Å²) in [6, 6.07) is 9.26. The van der Waals surface area contributed by atoms with Gasteiger partial charge < -0.3 is 19.6 Å². The van der Waals surface area contributed by atoms with Crippen molar-refractivity contribution >= 4 is 11.8 Å². The molecule has 0 spiro atoms. The third-order valence-corrected chi connectivity index (χ3v) is 5.67. The Kier molecular flexibility index (Phi) is 6.50. The molecule has 6 heteroatoms. The molecule has 2 heterocycles. The summed E-state index contributed by atoms with van der Waals surface area (Å²) in [5.74, 6) is 0.360. The van der Waals surface area contributed by atoms with Crippen molar-refractivity contribution in [1.29, 1.82) is 0 Å². The van der Waals surface area contributed by atoms with Crippen LogP contribution in [0.4, 0.5) is 0 Å². The van der Waals surface area contributed by atoms with E-state index in [1.807, 2.05) is 49.1 Å². The van der Waals surface area contributed by atoms with Gasteiger partial charge in [0, 0.05) is 25.7 Å². The predicted octanol–water partition coefficient (Wildman–Crippen LogP) is 1.98. The molecule has 3 rings (SSSR count). The number of carbonyl (C=O) groups excluding carboxylic acids is 2. The summed E-state index contributed by atoms with van der Waals surface area (Å²) in [4.78, 5) is 29.5. The van der Waals surface area contributed by atoms with E-state index in [0.29, 0.717) is 19.0 Å². The first-order valence-electron chi connectivity index (χ1n) is 9.90. The summed E-state index contributed by atoms with van der Waals surface area (Å²) in [5.41, 5.74) is 0.924. The highest BCUT2D eigenvalue weighted by atomic mass is 16.5. The molecule has 2 fully saturated rings. The first-order chi connectivity index (χ1) is 13.0. The van der Waals surface area contributed by atoms with Crippen LogP contribution in [0.3, 0.4) is 0 Å². The average molecular weight is 374 g/mol. The number of rotatable bonds is 5. The Morgan fingerprint density at radius 1 is 1.22 bits per heavy atom. The first kappa shape index (κ1) is 19.8. The molecular formula is C21H30N2O4. The van der Waals surface area contributed by atoms with E-state index in [-0.39, 0.29) is 31.1 Å². The van der Waals surface area contributed by atoms with E-state index in [9.17, 15) is 9.59 Å². The van der Waals surface area contributed by atoms with Crippen molar-refractivity contribution in [3.8, 4) is 0 Å². The van der Waals surface area contributed by atoms with Gasteiger partial charge in [0.25, 0.3) is 5.91 Å². The Bertz CT molecular complexity index is 641. The Hall–Kier alpha value is -1.92. The molecule has 2 atom stereocenters. The summed E-state index contributed by atoms with van der Waals surface area (Å²) in [6.07, 6.45) is 1.93. The van der Waals surface area contributed by atoms with Crippen LogP contribution in [0.5, 0.6) is 0 Å². The van der Waals surface area contributed by atoms with Crippen molar-refractivity contribution in [2.75, 3.05) is 26.3 Å². The topological polar surface area (TPSA) is 70.1 Å². The lowest BCUT2D eigenvalue weighted by molar-refractivity contribution is -0.172. The van der Waals surface area contributed by atoms with Crippen LogP contribution in [0, 0.1) is 5.92 Å². The number of aliphatic hydroxyl groups is 1. The third kappa shape index (κ3) is 4.33. The minimum Gasteiger partial charge on any atom is -0.396 e. The quantitative estimate of drug-likeness (QED) is 0.856. The van der Waals surface area contributed by atoms with Crippen molar-refractivity contribution in [2.45, 2.75) is 51.3 Å². The molecule has 0 radical (unpaired) electrons. The second-order valence-electron chi connectivity index (χ2n) is 7.76. The van der Waals surface area contributed by atoms with E-state index >= 15 is 0 Å². The maximum Gasteiger partial charge on any atom is 0.254 e. The molecule has 0 saturated carbocycles. The molecule has 1 N–H and O–H groups in total. The molecule has 0 aliphatic carbocycles. The molecule has 1 aromatic rings. The molecule has 0 aromatic heterocycles. The van der Waals surface area contributed by atoms with Gasteiger partial charge in [-0.15, -0.1) is 0 Å². The number of likely N-dealkylation sites (tertiary alicyclic amines) is 1. The second-order valence-corrected chi connectivity index (χ2v) is 7.76. The standard InChI is InChI=1S/C21H30N2O4/c1-15(2)23-18(25)14-27-20(19(23)17-6-4-3-5-7-17)21(26)22-11-8-16(9-12-22)10-13-24/h3-7,15-16,19-20,24H,8-14H2,1-2H3/t19-,20+/m1/s1. The van der Waals surface area contributed by atoms with E-state index in [2.05, 4.69) is 0 Å². The Balaban J connectivity index is 1.81. The lowest BCUT2D eigenvalue weighted by Gasteiger charge is -2.44. The number of amides is 2. The molecule has 0 unspecified atom stereocenters. The van der Waals surface area contributed by atoms with E-state index in [0.717, 1.165) is 24.8 Å². The van der Waals surface area contributed by atoms with Crippen molar-refractivity contribution in [1.82, 2.24) is 9.80 Å². The van der Waals surface area contributed by atoms with Crippen LogP contribution in [-0.2, 0) is 14.3 Å². The van der Waals surface area contributed by atoms with Crippen LogP contribution >= 0.6 is 0 Å². The number of hydrogen-bond donors (Lipinski definition) is 1. The minimum absolute atomic E-state index is 0.0165. The lowest BCUT2D eigenvalue weighted by atomic mass is 9.92. The molecule has 1 aromatic carbocycles. The van der Waals surface area contributed by atoms with Crippen LogP contribution in [-0.4, -0.2) is 65.2 Å². The van der Waals surface area contributed by atoms with Crippen LogP contribution in [0.15, 0.2) is 30.3 Å². The summed E-state index contributed by atoms with van der Waals surface area (Å²) >= 11 is 0. The van der Waals surface area contributed by atoms with Crippen LogP contribution in [0.25, 0.3) is 0 Å². The maximum atomic E-state index is 13.3. The Morgan fingerprint density at radius 2 is 1.89 bits per heavy atom. The molecule has 2 amide bonds. The Morgan fingerprint density at radius 3 is 2.48 bits per heavy atom. The van der Waals surface area contributed by atoms with Crippen LogP contribution < -0.4 is 0 Å². The van der Waals surface area contributed by atoms with E-state index in [4.69, 9.17) is 9.84 Å². The lowest BCUT2D eigenvalue weighted by Crippen LogP contribution is -2.57. The zero-order valence-corrected chi connectivity index (χ0v) is 16.2. The summed E-state index contributed by atoms with van der Waals surface area (Å²) in [7, 11) is 0. The van der Waals surface area contributed by atoms with Gasteiger partial charge in [-0.25, -0.2) is 0 Å². The van der Waals surface area contributed by atoms with Gasteiger partial charge in [0.2, 0.25) is 5.91 Å². The van der Waals surface area contributed by atoms with Crippen molar-refractivity contribution < 1.29 is 19.4 Å². The number of nitrogens with zero attached hydrogens (tertiary/aromatic N) is 2. The molecule has 2 aliphatic rings. The monoisotopic (exact) mass is 374 g/mol. The molecule has 27 heavy (non-hydrogen) atoms. The average Bonchev–Trinajstić information content (AvgIpc) is 2.68. The zero-order valence-electron chi connectivity index (χ0n) is 16.2. The van der Waals surface area contributed by atoms with Gasteiger partial charge in [0.15, 0.2) is 6.10 Å². The van der Waals surface area contributed by atoms with Crippen LogP contribution in [0.1, 0.15) is 44.7 Å². The largest absolute Gasteiger partial charge is 0.396 e. The van der Waals surface area contributed by atoms with Crippen molar-refractivity contribution in [3.63, 3.8) is 0 Å². The highest BCUT2D eigenvalue weighted by Gasteiger charge is 2.44. The van der Waals surface area contributed by atoms with E-state index < -0.39 is 12.1 Å². The van der Waals surface area contributed by atoms with Crippen LogP contribution in [0.2, 0.25) is 0 Å². The van der Waals surface area contributed by atoms with Gasteiger partial charge in [-0.3, -0.25) is 9.59 Å². The summed E-state index contributed by atoms with van der Waals surface area (Å²) < 4.78 is 5.80. The van der Waals surface area contributed by atoms with E-state index in [1.54, 1.807) is 4.90 Å². The minimum atomic E-state index is -0.679. The second kappa shape index (κ2) is 8.85. The van der Waals surface area contributed by atoms with Gasteiger partial charge in [-0.1, -0.05) is 30.3 Å². The Labute approximate surface area is 161 Å². The molecular weight excluding hydrogens is 344 g/mol. The fourth-order valence-corrected chi connectivity index (χ4v) is 4.23. The number of piperidine rings is 1. The number of carbonyl (C=O) groups is 2. The molecule has 2 saturated heterocycles. The normalized spacial score (nSPS) is 24.5. The molecule has 6 nitrogen and oxygen atoms in total. The predicted molar refractivity (Wildman–Crippen MR) is 102 cm³/mol. The van der Waals surface area contributed by atoms with Crippen molar-refractivity contribution in [3.05, 3.63) is 35.9 Å². The molecule has 0 bridgehead atoms. The zero-order chi connectivity index (χ0) is 19.4. The highest BCUT2D eigenvalue weighted by Crippen LogP contribution is 2.33. The highest BCUT2D eigenvalue weighted by molar-refractivity contribution is 5.86. The summed E-state index contributed by atoms with van der Waals surface area (Å²) in [6.45, 7) is 5.45. The first-order valence-corrected chi connectivity index (χ1v) is 9.90. The van der Waals surface area contributed by atoms with E-state index in [1.165, 1.54) is 0 Å². The van der Waals surface area contributed by atoms with Crippen molar-refractivity contribution in [2.24, 2.45) is 5.92 Å². The molecule has 2 aliphatic heterocycles. The maximum absolute atomic E-state index is 13.3. The number of benzene rings is 1. The SMILES string of the molecule is CC(C)N1C(=O)CO[C@H](C(=O)N2CCC(CCO)CC2)[C@H]1c1ccccc1. The number of aliphatic hydroxyl groups excluding tert-OH is 1. The van der Waals surface area contributed by atoms with Gasteiger partial charge in [-0.05, 0) is 44.6 Å². The van der Waals surface area contributed by atoms with Gasteiger partial charge in [0.1, 0.15) is 6.61 Å². The summed E-state index contributed by atoms with van der Waals surface area (Å²) in [5, 5.41) is 9.13.